The Morgan fingerprint density at radius 2 is 2.18 bits per heavy atom. The van der Waals surface area contributed by atoms with Crippen LogP contribution in [0.15, 0.2) is 6.07 Å². The zero-order valence-electron chi connectivity index (χ0n) is 11.0. The number of rotatable bonds is 7. The second-order valence-electron chi connectivity index (χ2n) is 3.98. The second kappa shape index (κ2) is 7.06. The summed E-state index contributed by atoms with van der Waals surface area (Å²) in [5.41, 5.74) is 0.887. The van der Waals surface area contributed by atoms with Crippen molar-refractivity contribution in [3.05, 3.63) is 11.8 Å². The highest BCUT2D eigenvalue weighted by Gasteiger charge is 2.07. The molecule has 1 heterocycles. The summed E-state index contributed by atoms with van der Waals surface area (Å²) in [6.45, 7) is 7.37. The maximum absolute atomic E-state index is 5.64. The lowest BCUT2D eigenvalue weighted by molar-refractivity contribution is 0.0889. The largest absolute Gasteiger partial charge is 0.472 e. The standard InChI is InChI=1S/C12H21N3O2/c1-5-6-13-12-14-9(2)7-11(15-12)17-10(3)8-16-4/h7,10H,5-6,8H2,1-4H3,(H,13,14,15). The van der Waals surface area contributed by atoms with Crippen molar-refractivity contribution in [1.29, 1.82) is 0 Å². The summed E-state index contributed by atoms with van der Waals surface area (Å²) in [4.78, 5) is 8.58. The van der Waals surface area contributed by atoms with Crippen LogP contribution in [0.25, 0.3) is 0 Å². The summed E-state index contributed by atoms with van der Waals surface area (Å²) >= 11 is 0. The van der Waals surface area contributed by atoms with E-state index < -0.39 is 0 Å². The Hall–Kier alpha value is -1.36. The second-order valence-corrected chi connectivity index (χ2v) is 3.98. The Morgan fingerprint density at radius 3 is 2.82 bits per heavy atom. The fourth-order valence-corrected chi connectivity index (χ4v) is 1.39. The lowest BCUT2D eigenvalue weighted by Gasteiger charge is -2.14. The zero-order chi connectivity index (χ0) is 12.7. The van der Waals surface area contributed by atoms with Crippen LogP contribution in [0.5, 0.6) is 5.88 Å². The first-order valence-corrected chi connectivity index (χ1v) is 5.90. The van der Waals surface area contributed by atoms with E-state index in [2.05, 4.69) is 22.2 Å². The van der Waals surface area contributed by atoms with Crippen molar-refractivity contribution in [2.24, 2.45) is 0 Å². The molecule has 0 fully saturated rings. The third kappa shape index (κ3) is 4.99. The molecule has 17 heavy (non-hydrogen) atoms. The summed E-state index contributed by atoms with van der Waals surface area (Å²) < 4.78 is 10.7. The van der Waals surface area contributed by atoms with Crippen molar-refractivity contribution >= 4 is 5.95 Å². The van der Waals surface area contributed by atoms with Gasteiger partial charge in [-0.15, -0.1) is 0 Å². The van der Waals surface area contributed by atoms with E-state index in [1.807, 2.05) is 19.9 Å². The molecule has 0 aliphatic carbocycles. The number of hydrogen-bond donors (Lipinski definition) is 1. The molecule has 1 aromatic heterocycles. The van der Waals surface area contributed by atoms with Gasteiger partial charge in [-0.3, -0.25) is 0 Å². The minimum atomic E-state index is -0.0201. The molecular formula is C12H21N3O2. The maximum Gasteiger partial charge on any atom is 0.226 e. The Bertz CT molecular complexity index is 345. The number of methoxy groups -OCH3 is 1. The maximum atomic E-state index is 5.64. The van der Waals surface area contributed by atoms with Gasteiger partial charge >= 0.3 is 0 Å². The van der Waals surface area contributed by atoms with Crippen LogP contribution in [-0.4, -0.2) is 36.3 Å². The first-order valence-electron chi connectivity index (χ1n) is 5.90. The van der Waals surface area contributed by atoms with Crippen molar-refractivity contribution in [2.75, 3.05) is 25.6 Å². The van der Waals surface area contributed by atoms with Gasteiger partial charge in [-0.1, -0.05) is 6.92 Å². The summed E-state index contributed by atoms with van der Waals surface area (Å²) in [5, 5.41) is 3.15. The van der Waals surface area contributed by atoms with Gasteiger partial charge in [0.2, 0.25) is 11.8 Å². The van der Waals surface area contributed by atoms with Crippen molar-refractivity contribution < 1.29 is 9.47 Å². The normalized spacial score (nSPS) is 12.2. The van der Waals surface area contributed by atoms with Crippen molar-refractivity contribution in [3.8, 4) is 5.88 Å². The minimum Gasteiger partial charge on any atom is -0.472 e. The predicted molar refractivity (Wildman–Crippen MR) is 67.5 cm³/mol. The van der Waals surface area contributed by atoms with E-state index >= 15 is 0 Å². The Morgan fingerprint density at radius 1 is 1.41 bits per heavy atom. The van der Waals surface area contributed by atoms with Gasteiger partial charge in [0, 0.05) is 25.4 Å². The molecule has 0 spiro atoms. The lowest BCUT2D eigenvalue weighted by atomic mass is 10.4. The van der Waals surface area contributed by atoms with E-state index in [9.17, 15) is 0 Å². The SMILES string of the molecule is CCCNc1nc(C)cc(OC(C)COC)n1. The molecule has 1 unspecified atom stereocenters. The van der Waals surface area contributed by atoms with Crippen LogP contribution in [0.4, 0.5) is 5.95 Å². The molecule has 5 nitrogen and oxygen atoms in total. The topological polar surface area (TPSA) is 56.3 Å². The lowest BCUT2D eigenvalue weighted by Crippen LogP contribution is -2.19. The van der Waals surface area contributed by atoms with Gasteiger partial charge < -0.3 is 14.8 Å². The highest BCUT2D eigenvalue weighted by atomic mass is 16.5. The molecule has 1 atom stereocenters. The molecule has 0 aliphatic heterocycles. The van der Waals surface area contributed by atoms with Crippen LogP contribution < -0.4 is 10.1 Å². The number of hydrogen-bond acceptors (Lipinski definition) is 5. The molecule has 0 radical (unpaired) electrons. The van der Waals surface area contributed by atoms with Crippen LogP contribution in [0.3, 0.4) is 0 Å². The van der Waals surface area contributed by atoms with Gasteiger partial charge in [-0.2, -0.15) is 4.98 Å². The van der Waals surface area contributed by atoms with E-state index in [4.69, 9.17) is 9.47 Å². The fourth-order valence-electron chi connectivity index (χ4n) is 1.39. The van der Waals surface area contributed by atoms with Crippen molar-refractivity contribution in [3.63, 3.8) is 0 Å². The Balaban J connectivity index is 2.67. The first-order chi connectivity index (χ1) is 8.15. The predicted octanol–water partition coefficient (Wildman–Crippen LogP) is 2.02. The average Bonchev–Trinajstić information content (AvgIpc) is 2.25. The van der Waals surface area contributed by atoms with Gasteiger partial charge in [0.25, 0.3) is 0 Å². The molecule has 0 amide bonds. The number of ether oxygens (including phenoxy) is 2. The van der Waals surface area contributed by atoms with E-state index in [0.29, 0.717) is 18.4 Å². The molecule has 0 saturated heterocycles. The Labute approximate surface area is 103 Å². The number of aryl methyl sites for hydroxylation is 1. The molecule has 1 aromatic rings. The number of nitrogens with zero attached hydrogens (tertiary/aromatic N) is 2. The third-order valence-electron chi connectivity index (χ3n) is 2.09. The molecule has 5 heteroatoms. The Kier molecular flexibility index (Phi) is 5.69. The van der Waals surface area contributed by atoms with Crippen LogP contribution in [-0.2, 0) is 4.74 Å². The van der Waals surface area contributed by atoms with Gasteiger partial charge in [-0.25, -0.2) is 4.98 Å². The average molecular weight is 239 g/mol. The molecule has 0 aromatic carbocycles. The summed E-state index contributed by atoms with van der Waals surface area (Å²) in [6.07, 6.45) is 1.02. The molecule has 1 N–H and O–H groups in total. The van der Waals surface area contributed by atoms with Crippen LogP contribution in [0, 0.1) is 6.92 Å². The third-order valence-corrected chi connectivity index (χ3v) is 2.09. The van der Waals surface area contributed by atoms with Crippen LogP contribution >= 0.6 is 0 Å². The number of nitrogens with one attached hydrogen (secondary N) is 1. The molecule has 96 valence electrons. The van der Waals surface area contributed by atoms with E-state index in [1.54, 1.807) is 7.11 Å². The first kappa shape index (κ1) is 13.7. The summed E-state index contributed by atoms with van der Waals surface area (Å²) in [5.74, 6) is 1.20. The van der Waals surface area contributed by atoms with Crippen LogP contribution in [0.2, 0.25) is 0 Å². The van der Waals surface area contributed by atoms with Gasteiger partial charge in [0.05, 0.1) is 6.61 Å². The minimum absolute atomic E-state index is 0.0201. The zero-order valence-corrected chi connectivity index (χ0v) is 11.0. The number of anilines is 1. The number of aromatic nitrogens is 2. The molecule has 0 saturated carbocycles. The van der Waals surface area contributed by atoms with E-state index in [-0.39, 0.29) is 6.10 Å². The van der Waals surface area contributed by atoms with Crippen LogP contribution in [0.1, 0.15) is 26.0 Å². The molecule has 0 bridgehead atoms. The van der Waals surface area contributed by atoms with Crippen molar-refractivity contribution in [1.82, 2.24) is 9.97 Å². The van der Waals surface area contributed by atoms with E-state index in [1.165, 1.54) is 0 Å². The highest BCUT2D eigenvalue weighted by molar-refractivity contribution is 5.30. The molecule has 0 aliphatic rings. The van der Waals surface area contributed by atoms with Gasteiger partial charge in [-0.05, 0) is 20.3 Å². The van der Waals surface area contributed by atoms with E-state index in [0.717, 1.165) is 18.7 Å². The molecule has 1 rings (SSSR count). The highest BCUT2D eigenvalue weighted by Crippen LogP contribution is 2.13. The fraction of sp³-hybridized carbons (Fsp3) is 0.667. The van der Waals surface area contributed by atoms with Gasteiger partial charge in [0.1, 0.15) is 6.10 Å². The van der Waals surface area contributed by atoms with Crippen molar-refractivity contribution in [2.45, 2.75) is 33.3 Å². The molecular weight excluding hydrogens is 218 g/mol. The smallest absolute Gasteiger partial charge is 0.226 e. The monoisotopic (exact) mass is 239 g/mol. The van der Waals surface area contributed by atoms with Gasteiger partial charge in [0.15, 0.2) is 0 Å². The summed E-state index contributed by atoms with van der Waals surface area (Å²) in [6, 6.07) is 1.82. The quantitative estimate of drug-likeness (QED) is 0.789. The summed E-state index contributed by atoms with van der Waals surface area (Å²) in [7, 11) is 1.65.